The third-order valence-electron chi connectivity index (χ3n) is 4.63. The van der Waals surface area contributed by atoms with Gasteiger partial charge < -0.3 is 15.2 Å². The Morgan fingerprint density at radius 1 is 1.31 bits per heavy atom. The molecule has 138 valence electrons. The first-order valence-electron chi connectivity index (χ1n) is 8.11. The van der Waals surface area contributed by atoms with E-state index in [2.05, 4.69) is 0 Å². The Morgan fingerprint density at radius 2 is 2.00 bits per heavy atom. The molecule has 1 aromatic rings. The van der Waals surface area contributed by atoms with Crippen LogP contribution in [0.2, 0.25) is 10.0 Å². The van der Waals surface area contributed by atoms with Crippen molar-refractivity contribution in [3.05, 3.63) is 56.6 Å². The zero-order valence-corrected chi connectivity index (χ0v) is 16.2. The number of carbonyl (C=O) groups excluding carboxylic acids is 2. The lowest BCUT2D eigenvalue weighted by Gasteiger charge is -2.38. The van der Waals surface area contributed by atoms with Crippen LogP contribution in [0.5, 0.6) is 0 Å². The van der Waals surface area contributed by atoms with Gasteiger partial charge in [-0.05, 0) is 23.1 Å². The molecular weight excluding hydrogens is 377 g/mol. The maximum absolute atomic E-state index is 12.9. The van der Waals surface area contributed by atoms with Gasteiger partial charge in [-0.1, -0.05) is 43.1 Å². The van der Waals surface area contributed by atoms with E-state index in [1.807, 2.05) is 13.8 Å². The molecule has 2 N–H and O–H groups in total. The summed E-state index contributed by atoms with van der Waals surface area (Å²) in [4.78, 5) is 25.4. The summed E-state index contributed by atoms with van der Waals surface area (Å²) in [7, 11) is 1.25. The molecule has 1 aliphatic heterocycles. The van der Waals surface area contributed by atoms with Gasteiger partial charge >= 0.3 is 5.97 Å². The Hall–Kier alpha value is -1.98. The van der Waals surface area contributed by atoms with Crippen molar-refractivity contribution in [2.75, 3.05) is 7.11 Å². The van der Waals surface area contributed by atoms with Crippen molar-refractivity contribution >= 4 is 35.0 Å². The summed E-state index contributed by atoms with van der Waals surface area (Å²) in [5.41, 5.74) is 6.83. The van der Waals surface area contributed by atoms with E-state index in [1.165, 1.54) is 7.11 Å². The van der Waals surface area contributed by atoms with E-state index in [4.69, 9.17) is 38.4 Å². The quantitative estimate of drug-likeness (QED) is 0.762. The molecule has 0 spiro atoms. The van der Waals surface area contributed by atoms with E-state index < -0.39 is 11.9 Å². The zero-order valence-electron chi connectivity index (χ0n) is 14.7. The van der Waals surface area contributed by atoms with Crippen molar-refractivity contribution in [2.24, 2.45) is 11.1 Å². The number of hydrogen-bond acceptors (Lipinski definition) is 5. The summed E-state index contributed by atoms with van der Waals surface area (Å²) in [6, 6.07) is 4.91. The first kappa shape index (κ1) is 18.8. The third-order valence-corrected chi connectivity index (χ3v) is 5.20. The van der Waals surface area contributed by atoms with Gasteiger partial charge in [0, 0.05) is 28.5 Å². The SMILES string of the molecule is COC(=O)C1=C(N)OC2=C(C(=O)CC(C)(C)C2)[C@H]1c1ccc(Cl)cc1Cl. The molecule has 5 nitrogen and oxygen atoms in total. The van der Waals surface area contributed by atoms with Crippen LogP contribution in [0, 0.1) is 5.41 Å². The van der Waals surface area contributed by atoms with Gasteiger partial charge in [-0.2, -0.15) is 0 Å². The topological polar surface area (TPSA) is 78.6 Å². The zero-order chi connectivity index (χ0) is 19.2. The van der Waals surface area contributed by atoms with Crippen LogP contribution in [-0.4, -0.2) is 18.9 Å². The van der Waals surface area contributed by atoms with E-state index in [0.29, 0.717) is 39.8 Å². The van der Waals surface area contributed by atoms with Gasteiger partial charge in [0.05, 0.1) is 13.0 Å². The summed E-state index contributed by atoms with van der Waals surface area (Å²) in [5, 5.41) is 0.788. The summed E-state index contributed by atoms with van der Waals surface area (Å²) in [6.45, 7) is 3.97. The number of methoxy groups -OCH3 is 1. The molecule has 0 saturated heterocycles. The number of hydrogen-bond donors (Lipinski definition) is 1. The average molecular weight is 396 g/mol. The summed E-state index contributed by atoms with van der Waals surface area (Å²) in [6.07, 6.45) is 0.871. The highest BCUT2D eigenvalue weighted by Gasteiger charge is 2.45. The number of carbonyl (C=O) groups is 2. The highest BCUT2D eigenvalue weighted by Crippen LogP contribution is 2.49. The molecular formula is C19H19Cl2NO4. The normalized spacial score (nSPS) is 22.0. The van der Waals surface area contributed by atoms with Gasteiger partial charge in [0.2, 0.25) is 5.88 Å². The Kier molecular flexibility index (Phi) is 4.80. The van der Waals surface area contributed by atoms with Crippen molar-refractivity contribution < 1.29 is 19.1 Å². The van der Waals surface area contributed by atoms with Gasteiger partial charge in [0.15, 0.2) is 5.78 Å². The maximum atomic E-state index is 12.9. The smallest absolute Gasteiger partial charge is 0.340 e. The van der Waals surface area contributed by atoms with Crippen LogP contribution in [0.25, 0.3) is 0 Å². The molecule has 1 atom stereocenters. The van der Waals surface area contributed by atoms with Gasteiger partial charge in [0.1, 0.15) is 11.3 Å². The fraction of sp³-hybridized carbons (Fsp3) is 0.368. The Balaban J connectivity index is 2.24. The molecule has 3 rings (SSSR count). The van der Waals surface area contributed by atoms with Crippen molar-refractivity contribution in [2.45, 2.75) is 32.6 Å². The van der Waals surface area contributed by atoms with Crippen LogP contribution in [0.3, 0.4) is 0 Å². The fourth-order valence-corrected chi connectivity index (χ4v) is 4.06. The lowest BCUT2D eigenvalue weighted by Crippen LogP contribution is -2.35. The van der Waals surface area contributed by atoms with Gasteiger partial charge in [-0.15, -0.1) is 0 Å². The molecule has 0 radical (unpaired) electrons. The van der Waals surface area contributed by atoms with E-state index in [0.717, 1.165) is 0 Å². The first-order valence-corrected chi connectivity index (χ1v) is 8.87. The van der Waals surface area contributed by atoms with Crippen molar-refractivity contribution in [3.8, 4) is 0 Å². The minimum atomic E-state index is -0.750. The predicted octanol–water partition coefficient (Wildman–Crippen LogP) is 4.09. The maximum Gasteiger partial charge on any atom is 0.340 e. The molecule has 2 aliphatic rings. The van der Waals surface area contributed by atoms with Crippen LogP contribution in [0.4, 0.5) is 0 Å². The van der Waals surface area contributed by atoms with Crippen molar-refractivity contribution in [1.29, 1.82) is 0 Å². The number of benzene rings is 1. The van der Waals surface area contributed by atoms with Crippen LogP contribution >= 0.6 is 23.2 Å². The molecule has 1 aliphatic carbocycles. The number of ketones is 1. The third kappa shape index (κ3) is 3.21. The molecule has 0 aromatic heterocycles. The Labute approximate surface area is 161 Å². The fourth-order valence-electron chi connectivity index (χ4n) is 3.54. The summed E-state index contributed by atoms with van der Waals surface area (Å²) < 4.78 is 10.6. The van der Waals surface area contributed by atoms with Crippen LogP contribution in [0.1, 0.15) is 38.2 Å². The number of nitrogens with two attached hydrogens (primary N) is 1. The van der Waals surface area contributed by atoms with E-state index in [1.54, 1.807) is 18.2 Å². The van der Waals surface area contributed by atoms with Gasteiger partial charge in [-0.3, -0.25) is 4.79 Å². The van der Waals surface area contributed by atoms with Gasteiger partial charge in [0.25, 0.3) is 0 Å². The second-order valence-corrected chi connectivity index (χ2v) is 8.09. The van der Waals surface area contributed by atoms with Crippen LogP contribution in [0.15, 0.2) is 41.0 Å². The molecule has 1 heterocycles. The number of esters is 1. The standard InChI is InChI=1S/C19H19Cl2NO4/c1-19(2)7-12(23)15-13(8-19)26-17(22)16(18(24)25-3)14(15)10-5-4-9(20)6-11(10)21/h4-6,14H,7-8,22H2,1-3H3/t14-/m1/s1. The monoisotopic (exact) mass is 395 g/mol. The second-order valence-electron chi connectivity index (χ2n) is 7.25. The number of rotatable bonds is 2. The van der Waals surface area contributed by atoms with Crippen molar-refractivity contribution in [1.82, 2.24) is 0 Å². The van der Waals surface area contributed by atoms with Crippen molar-refractivity contribution in [3.63, 3.8) is 0 Å². The second kappa shape index (κ2) is 6.63. The average Bonchev–Trinajstić information content (AvgIpc) is 2.51. The summed E-state index contributed by atoms with van der Waals surface area (Å²) >= 11 is 12.4. The van der Waals surface area contributed by atoms with E-state index in [9.17, 15) is 9.59 Å². The molecule has 1 aromatic carbocycles. The predicted molar refractivity (Wildman–Crippen MR) is 98.6 cm³/mol. The Bertz CT molecular complexity index is 870. The molecule has 0 amide bonds. The van der Waals surface area contributed by atoms with Crippen LogP contribution < -0.4 is 5.73 Å². The minimum Gasteiger partial charge on any atom is -0.465 e. The first-order chi connectivity index (χ1) is 12.1. The molecule has 0 saturated carbocycles. The number of Topliss-reactive ketones (excluding diaryl/α,β-unsaturated/α-hetero) is 1. The molecule has 0 unspecified atom stereocenters. The van der Waals surface area contributed by atoms with E-state index in [-0.39, 0.29) is 22.7 Å². The number of allylic oxidation sites excluding steroid dienone is 2. The minimum absolute atomic E-state index is 0.0721. The molecule has 0 bridgehead atoms. The Morgan fingerprint density at radius 3 is 2.62 bits per heavy atom. The lowest BCUT2D eigenvalue weighted by atomic mass is 9.70. The van der Waals surface area contributed by atoms with Crippen LogP contribution in [-0.2, 0) is 19.1 Å². The van der Waals surface area contributed by atoms with E-state index >= 15 is 0 Å². The molecule has 0 fully saturated rings. The molecule has 7 heteroatoms. The highest BCUT2D eigenvalue weighted by atomic mass is 35.5. The largest absolute Gasteiger partial charge is 0.465 e. The lowest BCUT2D eigenvalue weighted by molar-refractivity contribution is -0.136. The number of ether oxygens (including phenoxy) is 2. The summed E-state index contributed by atoms with van der Waals surface area (Å²) in [5.74, 6) is -1.10. The number of halogens is 2. The molecule has 26 heavy (non-hydrogen) atoms. The van der Waals surface area contributed by atoms with Gasteiger partial charge in [-0.25, -0.2) is 4.79 Å². The highest BCUT2D eigenvalue weighted by molar-refractivity contribution is 6.35.